The predicted molar refractivity (Wildman–Crippen MR) is 103 cm³/mol. The quantitative estimate of drug-likeness (QED) is 0.404. The van der Waals surface area contributed by atoms with Crippen LogP contribution in [0.25, 0.3) is 0 Å². The number of thiophene rings is 1. The van der Waals surface area contributed by atoms with Gasteiger partial charge in [-0.2, -0.15) is 0 Å². The van der Waals surface area contributed by atoms with E-state index in [1.165, 1.54) is 30.6 Å². The van der Waals surface area contributed by atoms with Crippen molar-refractivity contribution < 1.29 is 0 Å². The lowest BCUT2D eigenvalue weighted by Crippen LogP contribution is -2.35. The highest BCUT2D eigenvalue weighted by Crippen LogP contribution is 2.21. The Morgan fingerprint density at radius 2 is 2.24 bits per heavy atom. The fourth-order valence-electron chi connectivity index (χ4n) is 2.68. The van der Waals surface area contributed by atoms with E-state index in [1.807, 2.05) is 0 Å². The molecule has 2 rings (SSSR count). The van der Waals surface area contributed by atoms with E-state index in [1.54, 1.807) is 11.3 Å². The molecule has 0 spiro atoms. The molecule has 4 nitrogen and oxygen atoms in total. The number of nitrogens with two attached hydrogens (primary N) is 1. The molecule has 3 N–H and O–H groups in total. The lowest BCUT2D eigenvalue weighted by atomic mass is 10.2. The highest BCUT2D eigenvalue weighted by Gasteiger charge is 2.18. The first-order valence-electron chi connectivity index (χ1n) is 7.52. The Bertz CT molecular complexity index is 402. The minimum Gasteiger partial charge on any atom is -0.370 e. The molecule has 21 heavy (non-hydrogen) atoms. The first kappa shape index (κ1) is 18.7. The van der Waals surface area contributed by atoms with Gasteiger partial charge < -0.3 is 16.0 Å². The van der Waals surface area contributed by atoms with E-state index >= 15 is 0 Å². The van der Waals surface area contributed by atoms with Crippen LogP contribution in [0, 0.1) is 0 Å². The zero-order valence-electron chi connectivity index (χ0n) is 12.8. The summed E-state index contributed by atoms with van der Waals surface area (Å²) in [4.78, 5) is 8.21. The lowest BCUT2D eigenvalue weighted by molar-refractivity contribution is 0.252. The van der Waals surface area contributed by atoms with Crippen molar-refractivity contribution in [1.29, 1.82) is 0 Å². The summed E-state index contributed by atoms with van der Waals surface area (Å²) in [6, 6.07) is 4.99. The lowest BCUT2D eigenvalue weighted by Gasteiger charge is -2.22. The van der Waals surface area contributed by atoms with E-state index in [2.05, 4.69) is 39.8 Å². The SMILES string of the molecule is CN(CCN=C(N)NCCc1cccs1)C1CCCC1.I. The van der Waals surface area contributed by atoms with Crippen molar-refractivity contribution in [3.8, 4) is 0 Å². The van der Waals surface area contributed by atoms with Gasteiger partial charge in [0.25, 0.3) is 0 Å². The van der Waals surface area contributed by atoms with Crippen LogP contribution in [0.15, 0.2) is 22.5 Å². The number of nitrogens with one attached hydrogen (secondary N) is 1. The van der Waals surface area contributed by atoms with Crippen LogP contribution in [-0.4, -0.2) is 43.6 Å². The molecule has 0 unspecified atom stereocenters. The van der Waals surface area contributed by atoms with E-state index in [0.29, 0.717) is 5.96 Å². The maximum atomic E-state index is 5.88. The van der Waals surface area contributed by atoms with Crippen LogP contribution in [0.2, 0.25) is 0 Å². The minimum atomic E-state index is 0. The van der Waals surface area contributed by atoms with Gasteiger partial charge in [0.1, 0.15) is 0 Å². The highest BCUT2D eigenvalue weighted by atomic mass is 127. The van der Waals surface area contributed by atoms with Gasteiger partial charge in [0.15, 0.2) is 5.96 Å². The van der Waals surface area contributed by atoms with Crippen LogP contribution in [0.5, 0.6) is 0 Å². The fourth-order valence-corrected chi connectivity index (χ4v) is 3.39. The monoisotopic (exact) mass is 422 g/mol. The van der Waals surface area contributed by atoms with Gasteiger partial charge >= 0.3 is 0 Å². The standard InChI is InChI=1S/C15H26N4S.HI/c1-19(13-5-2-3-6-13)11-10-18-15(16)17-9-8-14-7-4-12-20-14;/h4,7,12-13H,2-3,5-6,8-11H2,1H3,(H3,16,17,18);1H. The van der Waals surface area contributed by atoms with Crippen LogP contribution in [0.4, 0.5) is 0 Å². The van der Waals surface area contributed by atoms with E-state index in [-0.39, 0.29) is 24.0 Å². The molecule has 1 saturated carbocycles. The second-order valence-electron chi connectivity index (χ2n) is 5.44. The van der Waals surface area contributed by atoms with E-state index in [4.69, 9.17) is 5.73 Å². The maximum absolute atomic E-state index is 5.88. The van der Waals surface area contributed by atoms with Crippen molar-refractivity contribution in [3.63, 3.8) is 0 Å². The van der Waals surface area contributed by atoms with Gasteiger partial charge in [-0.15, -0.1) is 35.3 Å². The van der Waals surface area contributed by atoms with Crippen molar-refractivity contribution in [2.24, 2.45) is 10.7 Å². The number of likely N-dealkylation sites (N-methyl/N-ethyl adjacent to an activating group) is 1. The molecule has 0 bridgehead atoms. The van der Waals surface area contributed by atoms with Gasteiger partial charge in [0.2, 0.25) is 0 Å². The zero-order valence-corrected chi connectivity index (χ0v) is 15.9. The van der Waals surface area contributed by atoms with Gasteiger partial charge in [0.05, 0.1) is 6.54 Å². The molecule has 1 aromatic rings. The second-order valence-corrected chi connectivity index (χ2v) is 6.47. The number of nitrogens with zero attached hydrogens (tertiary/aromatic N) is 2. The molecule has 6 heteroatoms. The van der Waals surface area contributed by atoms with Gasteiger partial charge in [-0.05, 0) is 37.8 Å². The third kappa shape index (κ3) is 6.97. The summed E-state index contributed by atoms with van der Waals surface area (Å²) >= 11 is 1.78. The van der Waals surface area contributed by atoms with Crippen molar-refractivity contribution in [3.05, 3.63) is 22.4 Å². The molecule has 1 aliphatic carbocycles. The Morgan fingerprint density at radius 1 is 1.48 bits per heavy atom. The largest absolute Gasteiger partial charge is 0.370 e. The predicted octanol–water partition coefficient (Wildman–Crippen LogP) is 2.69. The maximum Gasteiger partial charge on any atom is 0.188 e. The molecule has 1 aromatic heterocycles. The summed E-state index contributed by atoms with van der Waals surface area (Å²) < 4.78 is 0. The normalized spacial score (nSPS) is 16.2. The Labute approximate surface area is 149 Å². The molecule has 1 aliphatic rings. The fraction of sp³-hybridized carbons (Fsp3) is 0.667. The zero-order chi connectivity index (χ0) is 14.2. The summed E-state index contributed by atoms with van der Waals surface area (Å²) in [5.41, 5.74) is 5.88. The summed E-state index contributed by atoms with van der Waals surface area (Å²) in [5, 5.41) is 5.28. The second kappa shape index (κ2) is 10.4. The summed E-state index contributed by atoms with van der Waals surface area (Å²) in [6.45, 7) is 2.64. The number of aliphatic imine (C=N–C) groups is 1. The third-order valence-corrected chi connectivity index (χ3v) is 4.88. The summed E-state index contributed by atoms with van der Waals surface area (Å²) in [6.07, 6.45) is 6.45. The molecule has 0 saturated heterocycles. The number of rotatable bonds is 7. The summed E-state index contributed by atoms with van der Waals surface area (Å²) in [7, 11) is 2.20. The average Bonchev–Trinajstić information content (AvgIpc) is 3.12. The minimum absolute atomic E-state index is 0. The Morgan fingerprint density at radius 3 is 2.90 bits per heavy atom. The van der Waals surface area contributed by atoms with Gasteiger partial charge in [-0.3, -0.25) is 4.99 Å². The van der Waals surface area contributed by atoms with Crippen molar-refractivity contribution in [2.75, 3.05) is 26.7 Å². The van der Waals surface area contributed by atoms with Gasteiger partial charge in [-0.25, -0.2) is 0 Å². The Hall–Kier alpha value is -0.340. The Balaban J connectivity index is 0.00000220. The van der Waals surface area contributed by atoms with Crippen LogP contribution < -0.4 is 11.1 Å². The van der Waals surface area contributed by atoms with Crippen LogP contribution in [0.3, 0.4) is 0 Å². The van der Waals surface area contributed by atoms with E-state index in [0.717, 1.165) is 32.1 Å². The molecule has 0 aliphatic heterocycles. The molecular weight excluding hydrogens is 395 g/mol. The number of hydrogen-bond donors (Lipinski definition) is 2. The van der Waals surface area contributed by atoms with Crippen LogP contribution in [-0.2, 0) is 6.42 Å². The molecule has 0 aromatic carbocycles. The average molecular weight is 422 g/mol. The number of guanidine groups is 1. The first-order chi connectivity index (χ1) is 9.75. The highest BCUT2D eigenvalue weighted by molar-refractivity contribution is 14.0. The topological polar surface area (TPSA) is 53.6 Å². The van der Waals surface area contributed by atoms with Gasteiger partial charge in [0, 0.05) is 24.0 Å². The molecule has 1 fully saturated rings. The summed E-state index contributed by atoms with van der Waals surface area (Å²) in [5.74, 6) is 0.571. The van der Waals surface area contributed by atoms with E-state index in [9.17, 15) is 0 Å². The van der Waals surface area contributed by atoms with Crippen molar-refractivity contribution in [2.45, 2.75) is 38.1 Å². The molecule has 1 heterocycles. The van der Waals surface area contributed by atoms with Crippen molar-refractivity contribution >= 4 is 41.3 Å². The molecule has 0 atom stereocenters. The number of hydrogen-bond acceptors (Lipinski definition) is 3. The molecule has 0 radical (unpaired) electrons. The first-order valence-corrected chi connectivity index (χ1v) is 8.40. The Kier molecular flexibility index (Phi) is 9.26. The van der Waals surface area contributed by atoms with Crippen LogP contribution >= 0.6 is 35.3 Å². The molecule has 0 amide bonds. The molecule has 120 valence electrons. The van der Waals surface area contributed by atoms with Crippen molar-refractivity contribution in [1.82, 2.24) is 10.2 Å². The van der Waals surface area contributed by atoms with Crippen LogP contribution in [0.1, 0.15) is 30.6 Å². The smallest absolute Gasteiger partial charge is 0.188 e. The number of halogens is 1. The van der Waals surface area contributed by atoms with Gasteiger partial charge in [-0.1, -0.05) is 18.9 Å². The molecular formula is C15H27IN4S. The third-order valence-electron chi connectivity index (χ3n) is 3.94. The van der Waals surface area contributed by atoms with E-state index < -0.39 is 0 Å².